The Morgan fingerprint density at radius 2 is 1.12 bits per heavy atom. The molecule has 0 atom stereocenters. The summed E-state index contributed by atoms with van der Waals surface area (Å²) in [6.07, 6.45) is 0. The van der Waals surface area contributed by atoms with E-state index >= 15 is 0 Å². The first-order chi connectivity index (χ1) is 11.8. The Balaban J connectivity index is 1.77. The molecule has 0 saturated heterocycles. The molecule has 0 aromatic heterocycles. The molecule has 11 heteroatoms. The van der Waals surface area contributed by atoms with Gasteiger partial charge in [-0.05, 0) is 36.4 Å². The van der Waals surface area contributed by atoms with Crippen LogP contribution in [0.5, 0.6) is 0 Å². The lowest BCUT2D eigenvalue weighted by Gasteiger charge is -2.10. The molecule has 2 N–H and O–H groups in total. The summed E-state index contributed by atoms with van der Waals surface area (Å²) in [4.78, 5) is 0. The van der Waals surface area contributed by atoms with Gasteiger partial charge in [-0.1, -0.05) is 46.4 Å². The minimum atomic E-state index is -4.20. The largest absolute Gasteiger partial charge is 0.403 e. The summed E-state index contributed by atoms with van der Waals surface area (Å²) in [6, 6.07) is 9.45. The van der Waals surface area contributed by atoms with E-state index in [1.165, 1.54) is 12.1 Å². The zero-order valence-electron chi connectivity index (χ0n) is 12.4. The van der Waals surface area contributed by atoms with Crippen LogP contribution in [-0.4, -0.2) is 21.9 Å². The van der Waals surface area contributed by atoms with Crippen LogP contribution in [0.15, 0.2) is 36.4 Å². The highest BCUT2D eigenvalue weighted by Gasteiger charge is 2.12. The van der Waals surface area contributed by atoms with Gasteiger partial charge >= 0.3 is 10.4 Å². The van der Waals surface area contributed by atoms with Crippen molar-refractivity contribution in [1.82, 2.24) is 0 Å². The second-order valence-corrected chi connectivity index (χ2v) is 7.46. The lowest BCUT2D eigenvalue weighted by atomic mass is 10.3. The van der Waals surface area contributed by atoms with Crippen LogP contribution < -0.4 is 10.6 Å². The van der Waals surface area contributed by atoms with Crippen LogP contribution in [0.1, 0.15) is 0 Å². The van der Waals surface area contributed by atoms with Crippen molar-refractivity contribution in [3.8, 4) is 0 Å². The van der Waals surface area contributed by atoms with E-state index in [1.807, 2.05) is 0 Å². The van der Waals surface area contributed by atoms with Gasteiger partial charge in [-0.3, -0.25) is 0 Å². The Labute approximate surface area is 165 Å². The second kappa shape index (κ2) is 9.14. The second-order valence-electron chi connectivity index (χ2n) is 4.54. The molecule has 136 valence electrons. The molecule has 0 aliphatic rings. The van der Waals surface area contributed by atoms with E-state index in [0.717, 1.165) is 0 Å². The number of hydrogen-bond donors (Lipinski definition) is 2. The molecule has 0 radical (unpaired) electrons. The first-order valence-corrected chi connectivity index (χ1v) is 9.53. The van der Waals surface area contributed by atoms with E-state index in [2.05, 4.69) is 19.0 Å². The minimum Gasteiger partial charge on any atom is -0.361 e. The predicted octanol–water partition coefficient (Wildman–Crippen LogP) is 5.02. The smallest absolute Gasteiger partial charge is 0.361 e. The van der Waals surface area contributed by atoms with Crippen LogP contribution in [0.2, 0.25) is 20.1 Å². The molecule has 2 rings (SSSR count). The summed E-state index contributed by atoms with van der Waals surface area (Å²) in [5.41, 5.74) is 1.08. The van der Waals surface area contributed by atoms with Gasteiger partial charge in [-0.2, -0.15) is 8.42 Å². The summed E-state index contributed by atoms with van der Waals surface area (Å²) in [6.45, 7) is -0.680. The summed E-state index contributed by atoms with van der Waals surface area (Å²) in [5.74, 6) is 0. The lowest BCUT2D eigenvalue weighted by molar-refractivity contribution is 0.236. The van der Waals surface area contributed by atoms with E-state index in [-0.39, 0.29) is 13.5 Å². The molecule has 0 saturated carbocycles. The first kappa shape index (κ1) is 20.4. The maximum Gasteiger partial charge on any atom is 0.403 e. The third-order valence-electron chi connectivity index (χ3n) is 2.80. The number of rotatable bonds is 8. The Morgan fingerprint density at radius 1 is 0.720 bits per heavy atom. The molecule has 2 aromatic carbocycles. The van der Waals surface area contributed by atoms with Gasteiger partial charge in [0.25, 0.3) is 0 Å². The average molecular weight is 446 g/mol. The van der Waals surface area contributed by atoms with Crippen LogP contribution in [0.25, 0.3) is 0 Å². The molecular formula is C14H12Cl4N2O4S. The molecule has 0 bridgehead atoms. The van der Waals surface area contributed by atoms with Crippen LogP contribution in [-0.2, 0) is 18.8 Å². The molecule has 25 heavy (non-hydrogen) atoms. The Morgan fingerprint density at radius 3 is 1.48 bits per heavy atom. The number of halogens is 4. The molecule has 0 aliphatic carbocycles. The molecule has 0 aliphatic heterocycles. The van der Waals surface area contributed by atoms with E-state index in [0.29, 0.717) is 31.5 Å². The van der Waals surface area contributed by atoms with Crippen LogP contribution >= 0.6 is 46.4 Å². The average Bonchev–Trinajstić information content (AvgIpc) is 2.54. The van der Waals surface area contributed by atoms with Gasteiger partial charge in [0.1, 0.15) is 13.5 Å². The predicted molar refractivity (Wildman–Crippen MR) is 101 cm³/mol. The third-order valence-corrected chi connectivity index (χ3v) is 5.09. The summed E-state index contributed by atoms with van der Waals surface area (Å²) in [7, 11) is -4.20. The molecule has 0 heterocycles. The SMILES string of the molecule is O=S(=O)(OCNc1ccc(Cl)c(Cl)c1)OCNc1ccc(Cl)c(Cl)c1. The summed E-state index contributed by atoms with van der Waals surface area (Å²) < 4.78 is 32.6. The standard InChI is InChI=1S/C14H12Cl4N2O4S/c15-11-3-1-9(5-13(11)17)19-7-23-25(21,22)24-8-20-10-2-4-12(16)14(18)6-10/h1-6,19-20H,7-8H2. The zero-order valence-corrected chi connectivity index (χ0v) is 16.3. The van der Waals surface area contributed by atoms with Crippen molar-refractivity contribution in [3.05, 3.63) is 56.5 Å². The van der Waals surface area contributed by atoms with E-state index in [9.17, 15) is 8.42 Å². The van der Waals surface area contributed by atoms with Crippen molar-refractivity contribution < 1.29 is 16.8 Å². The fourth-order valence-electron chi connectivity index (χ4n) is 1.62. The third kappa shape index (κ3) is 6.71. The number of benzene rings is 2. The van der Waals surface area contributed by atoms with Crippen molar-refractivity contribution in [1.29, 1.82) is 0 Å². The first-order valence-electron chi connectivity index (χ1n) is 6.68. The van der Waals surface area contributed by atoms with Gasteiger partial charge in [0.05, 0.1) is 20.1 Å². The highest BCUT2D eigenvalue weighted by atomic mass is 35.5. The lowest BCUT2D eigenvalue weighted by Crippen LogP contribution is -2.18. The highest BCUT2D eigenvalue weighted by Crippen LogP contribution is 2.25. The zero-order chi connectivity index (χ0) is 18.4. The van der Waals surface area contributed by atoms with Gasteiger partial charge < -0.3 is 10.6 Å². The molecule has 0 amide bonds. The molecule has 0 spiro atoms. The van der Waals surface area contributed by atoms with Crippen molar-refractivity contribution in [2.75, 3.05) is 24.1 Å². The van der Waals surface area contributed by atoms with Crippen molar-refractivity contribution in [2.45, 2.75) is 0 Å². The fourth-order valence-corrected chi connectivity index (χ4v) is 2.69. The van der Waals surface area contributed by atoms with E-state index < -0.39 is 10.4 Å². The van der Waals surface area contributed by atoms with Gasteiger partial charge in [0, 0.05) is 11.4 Å². The van der Waals surface area contributed by atoms with Crippen LogP contribution in [0.3, 0.4) is 0 Å². The van der Waals surface area contributed by atoms with Crippen LogP contribution in [0.4, 0.5) is 11.4 Å². The quantitative estimate of drug-likeness (QED) is 0.555. The van der Waals surface area contributed by atoms with Gasteiger partial charge in [-0.25, -0.2) is 8.37 Å². The van der Waals surface area contributed by atoms with E-state index in [4.69, 9.17) is 46.4 Å². The Kier molecular flexibility index (Phi) is 7.45. The Bertz CT molecular complexity index is 785. The van der Waals surface area contributed by atoms with Crippen LogP contribution in [0, 0.1) is 0 Å². The van der Waals surface area contributed by atoms with Gasteiger partial charge in [0.2, 0.25) is 0 Å². The topological polar surface area (TPSA) is 76.7 Å². The number of hydrogen-bond acceptors (Lipinski definition) is 6. The van der Waals surface area contributed by atoms with Crippen molar-refractivity contribution >= 4 is 68.2 Å². The number of nitrogens with one attached hydrogen (secondary N) is 2. The van der Waals surface area contributed by atoms with Gasteiger partial charge in [-0.15, -0.1) is 0 Å². The maximum absolute atomic E-state index is 11.6. The molecular weight excluding hydrogens is 434 g/mol. The Hall–Kier alpha value is -0.930. The fraction of sp³-hybridized carbons (Fsp3) is 0.143. The minimum absolute atomic E-state index is 0.330. The molecule has 0 unspecified atom stereocenters. The monoisotopic (exact) mass is 444 g/mol. The maximum atomic E-state index is 11.6. The van der Waals surface area contributed by atoms with Crippen molar-refractivity contribution in [3.63, 3.8) is 0 Å². The normalized spacial score (nSPS) is 11.4. The molecule has 6 nitrogen and oxygen atoms in total. The summed E-state index contributed by atoms with van der Waals surface area (Å²) in [5, 5.41) is 6.86. The highest BCUT2D eigenvalue weighted by molar-refractivity contribution is 7.81. The number of anilines is 2. The van der Waals surface area contributed by atoms with Gasteiger partial charge in [0.15, 0.2) is 0 Å². The molecule has 0 fully saturated rings. The molecule has 2 aromatic rings. The van der Waals surface area contributed by atoms with Crippen molar-refractivity contribution in [2.24, 2.45) is 0 Å². The van der Waals surface area contributed by atoms with E-state index in [1.54, 1.807) is 24.3 Å². The summed E-state index contributed by atoms with van der Waals surface area (Å²) >= 11 is 23.3.